The van der Waals surface area contributed by atoms with Crippen LogP contribution in [-0.2, 0) is 11.3 Å². The van der Waals surface area contributed by atoms with Gasteiger partial charge >= 0.3 is 0 Å². The van der Waals surface area contributed by atoms with Gasteiger partial charge in [0.15, 0.2) is 0 Å². The minimum atomic E-state index is -0.190. The molecule has 0 aliphatic carbocycles. The van der Waals surface area contributed by atoms with Gasteiger partial charge in [-0.3, -0.25) is 9.69 Å². The minimum Gasteiger partial charge on any atom is -0.373 e. The number of nitrogens with one attached hydrogen (secondary N) is 1. The molecule has 1 atom stereocenters. The number of carbonyl (C=O) groups excluding carboxylic acids is 1. The summed E-state index contributed by atoms with van der Waals surface area (Å²) in [6.45, 7) is 2.44. The number of likely N-dealkylation sites (tertiary alicyclic amines) is 1. The lowest BCUT2D eigenvalue weighted by Crippen LogP contribution is -2.27. The van der Waals surface area contributed by atoms with E-state index in [1.807, 2.05) is 25.2 Å². The molecule has 0 saturated carbocycles. The summed E-state index contributed by atoms with van der Waals surface area (Å²) in [5.41, 5.74) is 6.32. The molecule has 1 aliphatic rings. The molecular formula is C12H18N4O. The lowest BCUT2D eigenvalue weighted by Gasteiger charge is -2.15. The average Bonchev–Trinajstić information content (AvgIpc) is 2.78. The number of hydrogen-bond donors (Lipinski definition) is 2. The second kappa shape index (κ2) is 5.14. The van der Waals surface area contributed by atoms with Gasteiger partial charge < -0.3 is 11.1 Å². The van der Waals surface area contributed by atoms with Crippen LogP contribution in [0.4, 0.5) is 5.82 Å². The van der Waals surface area contributed by atoms with Crippen LogP contribution in [0.2, 0.25) is 0 Å². The quantitative estimate of drug-likeness (QED) is 0.792. The molecule has 0 aromatic carbocycles. The van der Waals surface area contributed by atoms with E-state index in [9.17, 15) is 4.79 Å². The Morgan fingerprint density at radius 3 is 3.12 bits per heavy atom. The Kier molecular flexibility index (Phi) is 3.58. The molecule has 1 aromatic rings. The SMILES string of the molecule is CNc1cccc(CN2CCC(C(N)=O)C2)n1. The van der Waals surface area contributed by atoms with Crippen molar-refractivity contribution in [1.29, 1.82) is 0 Å². The molecule has 1 saturated heterocycles. The molecule has 2 rings (SSSR count). The van der Waals surface area contributed by atoms with Gasteiger partial charge in [0.25, 0.3) is 0 Å². The van der Waals surface area contributed by atoms with Gasteiger partial charge in [0.1, 0.15) is 5.82 Å². The molecule has 5 heteroatoms. The van der Waals surface area contributed by atoms with Gasteiger partial charge in [-0.05, 0) is 25.1 Å². The number of nitrogens with two attached hydrogens (primary N) is 1. The largest absolute Gasteiger partial charge is 0.373 e. The van der Waals surface area contributed by atoms with Crippen LogP contribution in [0, 0.1) is 5.92 Å². The number of pyridine rings is 1. The molecule has 17 heavy (non-hydrogen) atoms. The number of carbonyl (C=O) groups is 1. The van der Waals surface area contributed by atoms with Crippen molar-refractivity contribution in [2.75, 3.05) is 25.5 Å². The van der Waals surface area contributed by atoms with E-state index in [0.29, 0.717) is 0 Å². The Labute approximate surface area is 101 Å². The molecule has 5 nitrogen and oxygen atoms in total. The first-order valence-electron chi connectivity index (χ1n) is 5.84. The van der Waals surface area contributed by atoms with E-state index in [1.165, 1.54) is 0 Å². The first-order chi connectivity index (χ1) is 8.19. The van der Waals surface area contributed by atoms with E-state index < -0.39 is 0 Å². The zero-order valence-corrected chi connectivity index (χ0v) is 10.0. The van der Waals surface area contributed by atoms with E-state index in [4.69, 9.17) is 5.73 Å². The first-order valence-corrected chi connectivity index (χ1v) is 5.84. The molecular weight excluding hydrogens is 216 g/mol. The van der Waals surface area contributed by atoms with Gasteiger partial charge in [-0.2, -0.15) is 0 Å². The van der Waals surface area contributed by atoms with Gasteiger partial charge in [0, 0.05) is 20.1 Å². The Morgan fingerprint density at radius 1 is 1.65 bits per heavy atom. The number of nitrogens with zero attached hydrogens (tertiary/aromatic N) is 2. The van der Waals surface area contributed by atoms with E-state index in [2.05, 4.69) is 15.2 Å². The third-order valence-electron chi connectivity index (χ3n) is 3.12. The maximum atomic E-state index is 11.1. The van der Waals surface area contributed by atoms with Crippen LogP contribution in [0.3, 0.4) is 0 Å². The Hall–Kier alpha value is -1.62. The van der Waals surface area contributed by atoms with E-state index in [-0.39, 0.29) is 11.8 Å². The van der Waals surface area contributed by atoms with E-state index in [1.54, 1.807) is 0 Å². The predicted molar refractivity (Wildman–Crippen MR) is 66.4 cm³/mol. The zero-order chi connectivity index (χ0) is 12.3. The average molecular weight is 234 g/mol. The van der Waals surface area contributed by atoms with Gasteiger partial charge in [0.2, 0.25) is 5.91 Å². The molecule has 1 unspecified atom stereocenters. The van der Waals surface area contributed by atoms with Crippen molar-refractivity contribution in [3.8, 4) is 0 Å². The lowest BCUT2D eigenvalue weighted by atomic mass is 10.1. The number of rotatable bonds is 4. The number of hydrogen-bond acceptors (Lipinski definition) is 4. The highest BCUT2D eigenvalue weighted by atomic mass is 16.1. The summed E-state index contributed by atoms with van der Waals surface area (Å²) >= 11 is 0. The molecule has 1 amide bonds. The topological polar surface area (TPSA) is 71.2 Å². The van der Waals surface area contributed by atoms with Crippen LogP contribution in [-0.4, -0.2) is 35.9 Å². The molecule has 0 bridgehead atoms. The molecule has 92 valence electrons. The summed E-state index contributed by atoms with van der Waals surface area (Å²) in [6, 6.07) is 5.91. The summed E-state index contributed by atoms with van der Waals surface area (Å²) < 4.78 is 0. The maximum absolute atomic E-state index is 11.1. The number of primary amides is 1. The summed E-state index contributed by atoms with van der Waals surface area (Å²) in [4.78, 5) is 17.7. The van der Waals surface area contributed by atoms with Crippen molar-refractivity contribution in [3.63, 3.8) is 0 Å². The summed E-state index contributed by atoms with van der Waals surface area (Å²) in [7, 11) is 1.85. The van der Waals surface area contributed by atoms with Crippen LogP contribution in [0.5, 0.6) is 0 Å². The summed E-state index contributed by atoms with van der Waals surface area (Å²) in [5.74, 6) is 0.681. The van der Waals surface area contributed by atoms with Gasteiger partial charge in [-0.25, -0.2) is 4.98 Å². The third-order valence-corrected chi connectivity index (χ3v) is 3.12. The standard InChI is InChI=1S/C12H18N4O/c1-14-11-4-2-3-10(15-11)8-16-6-5-9(7-16)12(13)17/h2-4,9H,5-8H2,1H3,(H2,13,17)(H,14,15). The van der Waals surface area contributed by atoms with Gasteiger partial charge in [-0.15, -0.1) is 0 Å². The summed E-state index contributed by atoms with van der Waals surface area (Å²) in [5, 5.41) is 3.02. The molecule has 1 fully saturated rings. The third kappa shape index (κ3) is 2.94. The van der Waals surface area contributed by atoms with Crippen LogP contribution in [0.1, 0.15) is 12.1 Å². The summed E-state index contributed by atoms with van der Waals surface area (Å²) in [6.07, 6.45) is 0.862. The van der Waals surface area contributed by atoms with Crippen molar-refractivity contribution in [3.05, 3.63) is 23.9 Å². The smallest absolute Gasteiger partial charge is 0.221 e. The minimum absolute atomic E-state index is 0.00230. The molecule has 3 N–H and O–H groups in total. The van der Waals surface area contributed by atoms with Crippen LogP contribution < -0.4 is 11.1 Å². The fraction of sp³-hybridized carbons (Fsp3) is 0.500. The number of aromatic nitrogens is 1. The van der Waals surface area contributed by atoms with Crippen LogP contribution in [0.25, 0.3) is 0 Å². The molecule has 1 aromatic heterocycles. The van der Waals surface area contributed by atoms with Gasteiger partial charge in [0.05, 0.1) is 11.6 Å². The second-order valence-electron chi connectivity index (χ2n) is 4.39. The Balaban J connectivity index is 1.95. The van der Waals surface area contributed by atoms with Gasteiger partial charge in [-0.1, -0.05) is 6.07 Å². The maximum Gasteiger partial charge on any atom is 0.221 e. The normalized spacial score (nSPS) is 20.4. The van der Waals surface area contributed by atoms with Crippen molar-refractivity contribution >= 4 is 11.7 Å². The highest BCUT2D eigenvalue weighted by molar-refractivity contribution is 5.77. The zero-order valence-electron chi connectivity index (χ0n) is 10.0. The van der Waals surface area contributed by atoms with Crippen LogP contribution in [0.15, 0.2) is 18.2 Å². The lowest BCUT2D eigenvalue weighted by molar-refractivity contribution is -0.121. The molecule has 0 spiro atoms. The predicted octanol–water partition coefficient (Wildman–Crippen LogP) is 0.430. The van der Waals surface area contributed by atoms with Crippen molar-refractivity contribution in [2.24, 2.45) is 11.7 Å². The van der Waals surface area contributed by atoms with E-state index >= 15 is 0 Å². The molecule has 1 aliphatic heterocycles. The van der Waals surface area contributed by atoms with Crippen molar-refractivity contribution < 1.29 is 4.79 Å². The van der Waals surface area contributed by atoms with Crippen molar-refractivity contribution in [2.45, 2.75) is 13.0 Å². The Morgan fingerprint density at radius 2 is 2.47 bits per heavy atom. The van der Waals surface area contributed by atoms with E-state index in [0.717, 1.165) is 37.6 Å². The second-order valence-corrected chi connectivity index (χ2v) is 4.39. The fourth-order valence-corrected chi connectivity index (χ4v) is 2.14. The van der Waals surface area contributed by atoms with Crippen LogP contribution >= 0.6 is 0 Å². The Bertz CT molecular complexity index is 407. The highest BCUT2D eigenvalue weighted by Gasteiger charge is 2.26. The number of amides is 1. The van der Waals surface area contributed by atoms with Crippen molar-refractivity contribution in [1.82, 2.24) is 9.88 Å². The molecule has 2 heterocycles. The molecule has 0 radical (unpaired) electrons. The monoisotopic (exact) mass is 234 g/mol. The first kappa shape index (κ1) is 11.9. The fourth-order valence-electron chi connectivity index (χ4n) is 2.14. The highest BCUT2D eigenvalue weighted by Crippen LogP contribution is 2.18. The number of anilines is 1.